The average molecular weight is 385 g/mol. The molecule has 0 spiro atoms. The van der Waals surface area contributed by atoms with Crippen molar-refractivity contribution in [3.05, 3.63) is 70.1 Å². The number of carbonyl (C=O) groups is 1. The molecule has 4 rings (SSSR count). The lowest BCUT2D eigenvalue weighted by Gasteiger charge is -2.24. The van der Waals surface area contributed by atoms with Crippen molar-refractivity contribution in [1.29, 1.82) is 0 Å². The Kier molecular flexibility index (Phi) is 5.25. The quantitative estimate of drug-likeness (QED) is 0.662. The van der Waals surface area contributed by atoms with E-state index in [4.69, 9.17) is 11.6 Å². The lowest BCUT2D eigenvalue weighted by molar-refractivity contribution is 0.0931. The fourth-order valence-electron chi connectivity index (χ4n) is 3.53. The predicted molar refractivity (Wildman–Crippen MR) is 109 cm³/mol. The maximum atomic E-state index is 13.0. The zero-order chi connectivity index (χ0) is 17.9. The second-order valence-corrected chi connectivity index (χ2v) is 8.12. The Bertz CT molecular complexity index is 903. The van der Waals surface area contributed by atoms with Crippen LogP contribution in [0.3, 0.4) is 0 Å². The fraction of sp³-hybridized carbons (Fsp3) is 0.286. The van der Waals surface area contributed by atoms with E-state index in [2.05, 4.69) is 22.3 Å². The van der Waals surface area contributed by atoms with Gasteiger partial charge in [0.05, 0.1) is 11.1 Å². The molecule has 0 bridgehead atoms. The van der Waals surface area contributed by atoms with Crippen LogP contribution in [0.15, 0.2) is 54.6 Å². The van der Waals surface area contributed by atoms with E-state index in [0.29, 0.717) is 9.90 Å². The monoisotopic (exact) mass is 384 g/mol. The minimum atomic E-state index is -0.0933. The standard InChI is InChI=1S/C21H21ClN2OS/c22-19-16-10-4-5-11-18(16)26-20(19)21(25)23-17(14-24-12-6-7-13-24)15-8-2-1-3-9-15/h1-5,8-11,17H,6-7,12-14H2,(H,23,25). The van der Waals surface area contributed by atoms with Crippen molar-refractivity contribution in [3.8, 4) is 0 Å². The second-order valence-electron chi connectivity index (χ2n) is 6.69. The summed E-state index contributed by atoms with van der Waals surface area (Å²) in [6.45, 7) is 3.03. The number of hydrogen-bond acceptors (Lipinski definition) is 3. The van der Waals surface area contributed by atoms with Gasteiger partial charge in [-0.05, 0) is 37.6 Å². The van der Waals surface area contributed by atoms with E-state index in [1.807, 2.05) is 42.5 Å². The molecular weight excluding hydrogens is 364 g/mol. The molecule has 3 aromatic rings. The van der Waals surface area contributed by atoms with Crippen LogP contribution in [0, 0.1) is 0 Å². The highest BCUT2D eigenvalue weighted by molar-refractivity contribution is 7.21. The van der Waals surface area contributed by atoms with Crippen molar-refractivity contribution in [1.82, 2.24) is 10.2 Å². The summed E-state index contributed by atoms with van der Waals surface area (Å²) in [5.74, 6) is -0.0933. The highest BCUT2D eigenvalue weighted by Gasteiger charge is 2.23. The molecule has 1 N–H and O–H groups in total. The summed E-state index contributed by atoms with van der Waals surface area (Å²) in [7, 11) is 0. The molecule has 3 nitrogen and oxygen atoms in total. The number of benzene rings is 2. The van der Waals surface area contributed by atoms with Gasteiger partial charge >= 0.3 is 0 Å². The summed E-state index contributed by atoms with van der Waals surface area (Å²) in [5, 5.41) is 4.72. The van der Waals surface area contributed by atoms with Crippen molar-refractivity contribution in [2.24, 2.45) is 0 Å². The number of hydrogen-bond donors (Lipinski definition) is 1. The zero-order valence-electron chi connectivity index (χ0n) is 14.5. The molecule has 1 aromatic heterocycles. The Labute approximate surface area is 162 Å². The third kappa shape index (κ3) is 3.63. The van der Waals surface area contributed by atoms with Crippen LogP contribution in [-0.4, -0.2) is 30.4 Å². The molecule has 134 valence electrons. The maximum absolute atomic E-state index is 13.0. The third-order valence-corrected chi connectivity index (χ3v) is 6.56. The highest BCUT2D eigenvalue weighted by atomic mass is 35.5. The second kappa shape index (κ2) is 7.78. The lowest BCUT2D eigenvalue weighted by atomic mass is 10.1. The van der Waals surface area contributed by atoms with Crippen LogP contribution < -0.4 is 5.32 Å². The number of thiophene rings is 1. The Morgan fingerprint density at radius 1 is 1.08 bits per heavy atom. The first-order valence-corrected chi connectivity index (χ1v) is 10.2. The number of carbonyl (C=O) groups excluding carboxylic acids is 1. The fourth-order valence-corrected chi connectivity index (χ4v) is 4.95. The molecule has 0 saturated carbocycles. The number of amides is 1. The van der Waals surface area contributed by atoms with Crippen LogP contribution in [-0.2, 0) is 0 Å². The molecule has 0 aliphatic carbocycles. The Morgan fingerprint density at radius 2 is 1.77 bits per heavy atom. The van der Waals surface area contributed by atoms with E-state index in [1.54, 1.807) is 0 Å². The van der Waals surface area contributed by atoms with Crippen molar-refractivity contribution in [2.45, 2.75) is 18.9 Å². The summed E-state index contributed by atoms with van der Waals surface area (Å²) in [4.78, 5) is 16.0. The molecular formula is C21H21ClN2OS. The van der Waals surface area contributed by atoms with Gasteiger partial charge < -0.3 is 10.2 Å². The number of halogens is 1. The summed E-state index contributed by atoms with van der Waals surface area (Å²) in [5.41, 5.74) is 1.13. The molecule has 5 heteroatoms. The minimum absolute atomic E-state index is 0.0388. The Morgan fingerprint density at radius 3 is 2.50 bits per heavy atom. The van der Waals surface area contributed by atoms with Gasteiger partial charge in [-0.2, -0.15) is 0 Å². The summed E-state index contributed by atoms with van der Waals surface area (Å²) in [6.07, 6.45) is 2.47. The van der Waals surface area contributed by atoms with Gasteiger partial charge in [0.2, 0.25) is 0 Å². The molecule has 1 saturated heterocycles. The van der Waals surface area contributed by atoms with Gasteiger partial charge in [0.25, 0.3) is 5.91 Å². The van der Waals surface area contributed by atoms with Gasteiger partial charge in [-0.3, -0.25) is 4.79 Å². The van der Waals surface area contributed by atoms with E-state index < -0.39 is 0 Å². The van der Waals surface area contributed by atoms with E-state index in [0.717, 1.165) is 35.3 Å². The van der Waals surface area contributed by atoms with E-state index >= 15 is 0 Å². The number of rotatable bonds is 5. The number of likely N-dealkylation sites (tertiary alicyclic amines) is 1. The molecule has 1 aliphatic heterocycles. The summed E-state index contributed by atoms with van der Waals surface area (Å²) < 4.78 is 1.04. The first kappa shape index (κ1) is 17.5. The topological polar surface area (TPSA) is 32.3 Å². The molecule has 1 unspecified atom stereocenters. The smallest absolute Gasteiger partial charge is 0.263 e. The van der Waals surface area contributed by atoms with E-state index in [1.165, 1.54) is 24.2 Å². The molecule has 26 heavy (non-hydrogen) atoms. The van der Waals surface area contributed by atoms with Crippen molar-refractivity contribution in [3.63, 3.8) is 0 Å². The molecule has 2 heterocycles. The van der Waals surface area contributed by atoms with Crippen LogP contribution in [0.2, 0.25) is 5.02 Å². The van der Waals surface area contributed by atoms with Gasteiger partial charge in [-0.15, -0.1) is 11.3 Å². The van der Waals surface area contributed by atoms with Crippen molar-refractivity contribution < 1.29 is 4.79 Å². The minimum Gasteiger partial charge on any atom is -0.343 e. The molecule has 0 radical (unpaired) electrons. The van der Waals surface area contributed by atoms with Gasteiger partial charge in [0, 0.05) is 16.6 Å². The first-order valence-electron chi connectivity index (χ1n) is 8.97. The number of nitrogens with one attached hydrogen (secondary N) is 1. The third-order valence-electron chi connectivity index (χ3n) is 4.89. The van der Waals surface area contributed by atoms with Crippen LogP contribution in [0.5, 0.6) is 0 Å². The van der Waals surface area contributed by atoms with E-state index in [9.17, 15) is 4.79 Å². The van der Waals surface area contributed by atoms with Crippen LogP contribution in [0.1, 0.15) is 34.1 Å². The van der Waals surface area contributed by atoms with Gasteiger partial charge in [0.1, 0.15) is 4.88 Å². The first-order chi connectivity index (χ1) is 12.7. The highest BCUT2D eigenvalue weighted by Crippen LogP contribution is 2.35. The Hall–Kier alpha value is -1.88. The Balaban J connectivity index is 1.59. The van der Waals surface area contributed by atoms with E-state index in [-0.39, 0.29) is 11.9 Å². The molecule has 1 amide bonds. The number of nitrogens with zero attached hydrogens (tertiary/aromatic N) is 1. The van der Waals surface area contributed by atoms with Crippen molar-refractivity contribution >= 4 is 38.9 Å². The molecule has 1 aliphatic rings. The van der Waals surface area contributed by atoms with Crippen LogP contribution in [0.4, 0.5) is 0 Å². The normalized spacial score (nSPS) is 16.0. The molecule has 2 aromatic carbocycles. The average Bonchev–Trinajstić information content (AvgIpc) is 3.30. The number of fused-ring (bicyclic) bond motifs is 1. The van der Waals surface area contributed by atoms with Crippen LogP contribution in [0.25, 0.3) is 10.1 Å². The van der Waals surface area contributed by atoms with Gasteiger partial charge in [-0.1, -0.05) is 60.1 Å². The SMILES string of the molecule is O=C(NC(CN1CCCC1)c1ccccc1)c1sc2ccccc2c1Cl. The maximum Gasteiger partial charge on any atom is 0.263 e. The predicted octanol–water partition coefficient (Wildman–Crippen LogP) is 5.12. The van der Waals surface area contributed by atoms with Gasteiger partial charge in [-0.25, -0.2) is 0 Å². The zero-order valence-corrected chi connectivity index (χ0v) is 16.0. The summed E-state index contributed by atoms with van der Waals surface area (Å²) >= 11 is 7.95. The molecule has 1 fully saturated rings. The summed E-state index contributed by atoms with van der Waals surface area (Å²) in [6, 6.07) is 18.0. The van der Waals surface area contributed by atoms with Gasteiger partial charge in [0.15, 0.2) is 0 Å². The van der Waals surface area contributed by atoms with Crippen LogP contribution >= 0.6 is 22.9 Å². The van der Waals surface area contributed by atoms with Crippen molar-refractivity contribution in [2.75, 3.05) is 19.6 Å². The largest absolute Gasteiger partial charge is 0.343 e. The lowest BCUT2D eigenvalue weighted by Crippen LogP contribution is -2.36. The molecule has 1 atom stereocenters.